The first kappa shape index (κ1) is 27.1. The molecule has 3 rings (SSSR count). The van der Waals surface area contributed by atoms with E-state index in [4.69, 9.17) is 38.8 Å². The average Bonchev–Trinajstić information content (AvgIpc) is 2.83. The summed E-state index contributed by atoms with van der Waals surface area (Å²) in [6.07, 6.45) is 3.57. The summed E-state index contributed by atoms with van der Waals surface area (Å²) in [6.45, 7) is 5.45. The zero-order valence-corrected chi connectivity index (χ0v) is 21.7. The van der Waals surface area contributed by atoms with Crippen LogP contribution in [0.5, 0.6) is 5.75 Å². The van der Waals surface area contributed by atoms with E-state index in [1.54, 1.807) is 68.5 Å². The molecule has 0 aliphatic heterocycles. The van der Waals surface area contributed by atoms with Crippen LogP contribution in [0, 0.1) is 12.8 Å². The largest absolute Gasteiger partial charge is 0.489 e. The first-order chi connectivity index (χ1) is 17.1. The molecular formula is C29H27Cl2NO4. The van der Waals surface area contributed by atoms with E-state index in [9.17, 15) is 9.59 Å². The maximum Gasteiger partial charge on any atom is 0.335 e. The summed E-state index contributed by atoms with van der Waals surface area (Å²) in [6, 6.07) is 17.2. The van der Waals surface area contributed by atoms with E-state index in [1.165, 1.54) is 6.07 Å². The second-order valence-corrected chi connectivity index (χ2v) is 9.39. The van der Waals surface area contributed by atoms with Gasteiger partial charge in [0.2, 0.25) is 0 Å². The van der Waals surface area contributed by atoms with Gasteiger partial charge >= 0.3 is 5.97 Å². The topological polar surface area (TPSA) is 89.6 Å². The number of carboxylic acid groups (broad SMARTS) is 1. The molecule has 3 aromatic carbocycles. The number of carbonyl (C=O) groups excluding carboxylic acids is 1. The Bertz CT molecular complexity index is 1340. The van der Waals surface area contributed by atoms with Crippen LogP contribution < -0.4 is 10.5 Å². The molecule has 0 atom stereocenters. The Kier molecular flexibility index (Phi) is 8.97. The van der Waals surface area contributed by atoms with E-state index < -0.39 is 5.97 Å². The third kappa shape index (κ3) is 6.56. The quantitative estimate of drug-likeness (QED) is 0.229. The maximum absolute atomic E-state index is 13.0. The molecule has 0 saturated carbocycles. The lowest BCUT2D eigenvalue weighted by molar-refractivity contribution is -0.118. The Hall–Kier alpha value is -3.54. The van der Waals surface area contributed by atoms with Crippen LogP contribution in [0.4, 0.5) is 0 Å². The molecule has 186 valence electrons. The van der Waals surface area contributed by atoms with Crippen LogP contribution in [-0.2, 0) is 4.79 Å². The number of carbonyl (C=O) groups is 2. The zero-order chi connectivity index (χ0) is 26.4. The second kappa shape index (κ2) is 11.9. The van der Waals surface area contributed by atoms with Crippen molar-refractivity contribution in [3.05, 3.63) is 104 Å². The third-order valence-electron chi connectivity index (χ3n) is 5.58. The predicted molar refractivity (Wildman–Crippen MR) is 146 cm³/mol. The summed E-state index contributed by atoms with van der Waals surface area (Å²) in [5.41, 5.74) is 10.2. The number of aryl methyl sites for hydroxylation is 1. The molecule has 0 aliphatic carbocycles. The first-order valence-corrected chi connectivity index (χ1v) is 12.1. The minimum Gasteiger partial charge on any atom is -0.489 e. The third-order valence-corrected chi connectivity index (χ3v) is 6.22. The molecule has 36 heavy (non-hydrogen) atoms. The van der Waals surface area contributed by atoms with Gasteiger partial charge in [0.05, 0.1) is 26.9 Å². The molecule has 0 heterocycles. The van der Waals surface area contributed by atoms with Crippen molar-refractivity contribution in [1.82, 2.24) is 0 Å². The lowest BCUT2D eigenvalue weighted by Gasteiger charge is -2.17. The molecule has 0 spiro atoms. The minimum atomic E-state index is -0.987. The normalized spacial score (nSPS) is 12.1. The lowest BCUT2D eigenvalue weighted by atomic mass is 9.95. The standard InChI is InChI=1S/C29H27Cl2NO4/c1-17(2)28(33)23(27(32)26-18(3)6-4-9-24(26)30)16-36-22-13-12-20(25(31)15-22)11-10-19-7-5-8-21(14-19)29(34)35/h4-15,17H,16,32H2,1-3H3,(H,34,35)/b11-10+,27-23?. The molecule has 0 saturated heterocycles. The van der Waals surface area contributed by atoms with Crippen LogP contribution in [0.3, 0.4) is 0 Å². The van der Waals surface area contributed by atoms with Crippen LogP contribution in [-0.4, -0.2) is 23.5 Å². The van der Waals surface area contributed by atoms with Gasteiger partial charge in [-0.15, -0.1) is 0 Å². The van der Waals surface area contributed by atoms with Crippen LogP contribution in [0.1, 0.15) is 46.5 Å². The number of ketones is 1. The fourth-order valence-corrected chi connectivity index (χ4v) is 4.16. The summed E-state index contributed by atoms with van der Waals surface area (Å²) in [5, 5.41) is 10.1. The highest BCUT2D eigenvalue weighted by Gasteiger charge is 2.21. The summed E-state index contributed by atoms with van der Waals surface area (Å²) in [7, 11) is 0. The van der Waals surface area contributed by atoms with Crippen molar-refractivity contribution in [2.24, 2.45) is 11.7 Å². The van der Waals surface area contributed by atoms with Gasteiger partial charge in [0.25, 0.3) is 0 Å². The van der Waals surface area contributed by atoms with E-state index in [2.05, 4.69) is 0 Å². The number of Topliss-reactive ketones (excluding diaryl/α,β-unsaturated/α-hetero) is 1. The summed E-state index contributed by atoms with van der Waals surface area (Å²) < 4.78 is 5.93. The highest BCUT2D eigenvalue weighted by molar-refractivity contribution is 6.33. The van der Waals surface area contributed by atoms with E-state index >= 15 is 0 Å². The number of halogens is 2. The van der Waals surface area contributed by atoms with Crippen molar-refractivity contribution in [3.63, 3.8) is 0 Å². The molecule has 0 aliphatic rings. The molecule has 7 heteroatoms. The Morgan fingerprint density at radius 2 is 1.72 bits per heavy atom. The van der Waals surface area contributed by atoms with Gasteiger partial charge in [-0.05, 0) is 60.0 Å². The molecule has 0 fully saturated rings. The Balaban J connectivity index is 1.83. The minimum absolute atomic E-state index is 0.0407. The van der Waals surface area contributed by atoms with Crippen molar-refractivity contribution in [2.75, 3.05) is 6.61 Å². The SMILES string of the molecule is Cc1cccc(Cl)c1C(N)=C(COc1ccc(/C=C/c2cccc(C(=O)O)c2)c(Cl)c1)C(=O)C(C)C. The van der Waals surface area contributed by atoms with Crippen LogP contribution in [0.15, 0.2) is 66.2 Å². The van der Waals surface area contributed by atoms with Gasteiger partial charge < -0.3 is 15.6 Å². The van der Waals surface area contributed by atoms with Gasteiger partial charge in [-0.2, -0.15) is 0 Å². The molecule has 0 amide bonds. The molecule has 0 aromatic heterocycles. The predicted octanol–water partition coefficient (Wildman–Crippen LogP) is 7.14. The number of aromatic carboxylic acids is 1. The average molecular weight is 524 g/mol. The Labute approximate surface area is 220 Å². The fraction of sp³-hybridized carbons (Fsp3) is 0.172. The maximum atomic E-state index is 13.0. The van der Waals surface area contributed by atoms with Crippen molar-refractivity contribution in [1.29, 1.82) is 0 Å². The van der Waals surface area contributed by atoms with E-state index in [0.717, 1.165) is 16.7 Å². The number of rotatable bonds is 9. The number of hydrogen-bond acceptors (Lipinski definition) is 4. The van der Waals surface area contributed by atoms with Crippen molar-refractivity contribution >= 4 is 52.8 Å². The van der Waals surface area contributed by atoms with Crippen LogP contribution in [0.25, 0.3) is 17.8 Å². The molecule has 5 nitrogen and oxygen atoms in total. The number of nitrogens with two attached hydrogens (primary N) is 1. The number of hydrogen-bond donors (Lipinski definition) is 2. The van der Waals surface area contributed by atoms with Crippen LogP contribution >= 0.6 is 23.2 Å². The van der Waals surface area contributed by atoms with Gasteiger partial charge in [-0.25, -0.2) is 4.79 Å². The molecule has 0 radical (unpaired) electrons. The Morgan fingerprint density at radius 3 is 2.36 bits per heavy atom. The summed E-state index contributed by atoms with van der Waals surface area (Å²) in [5.74, 6) is -0.913. The number of benzene rings is 3. The highest BCUT2D eigenvalue weighted by Crippen LogP contribution is 2.29. The van der Waals surface area contributed by atoms with E-state index in [1.807, 2.05) is 19.1 Å². The molecule has 0 bridgehead atoms. The smallest absolute Gasteiger partial charge is 0.335 e. The van der Waals surface area contributed by atoms with Gasteiger partial charge in [0.1, 0.15) is 12.4 Å². The number of carboxylic acids is 1. The Morgan fingerprint density at radius 1 is 1.00 bits per heavy atom. The van der Waals surface area contributed by atoms with Gasteiger partial charge in [0.15, 0.2) is 5.78 Å². The summed E-state index contributed by atoms with van der Waals surface area (Å²) >= 11 is 12.8. The molecule has 3 aromatic rings. The van der Waals surface area contributed by atoms with Gasteiger partial charge in [0, 0.05) is 11.5 Å². The molecule has 0 unspecified atom stereocenters. The van der Waals surface area contributed by atoms with Crippen molar-refractivity contribution in [3.8, 4) is 5.75 Å². The van der Waals surface area contributed by atoms with E-state index in [0.29, 0.717) is 32.6 Å². The highest BCUT2D eigenvalue weighted by atomic mass is 35.5. The van der Waals surface area contributed by atoms with Crippen molar-refractivity contribution in [2.45, 2.75) is 20.8 Å². The monoisotopic (exact) mass is 523 g/mol. The summed E-state index contributed by atoms with van der Waals surface area (Å²) in [4.78, 5) is 24.1. The van der Waals surface area contributed by atoms with Gasteiger partial charge in [-0.1, -0.05) is 73.5 Å². The first-order valence-electron chi connectivity index (χ1n) is 11.3. The fourth-order valence-electron chi connectivity index (χ4n) is 3.60. The molecular weight excluding hydrogens is 497 g/mol. The lowest BCUT2D eigenvalue weighted by Crippen LogP contribution is -2.21. The zero-order valence-electron chi connectivity index (χ0n) is 20.2. The van der Waals surface area contributed by atoms with Gasteiger partial charge in [-0.3, -0.25) is 4.79 Å². The van der Waals surface area contributed by atoms with Crippen molar-refractivity contribution < 1.29 is 19.4 Å². The number of ether oxygens (including phenoxy) is 1. The molecule has 3 N–H and O–H groups in total. The van der Waals surface area contributed by atoms with Crippen LogP contribution in [0.2, 0.25) is 10.0 Å². The van der Waals surface area contributed by atoms with E-state index in [-0.39, 0.29) is 23.9 Å². The second-order valence-electron chi connectivity index (χ2n) is 8.58.